The number of hydrogen-bond acceptors (Lipinski definition) is 4. The first kappa shape index (κ1) is 17.5. The van der Waals surface area contributed by atoms with E-state index in [1.54, 1.807) is 0 Å². The predicted octanol–water partition coefficient (Wildman–Crippen LogP) is 3.04. The number of amides is 1. The standard InChI is InChI=1S/C22H22N6O/c1-26-20-5-3-2-4-19(20)25-21(26)13-24-17-8-6-16(7-9-17)22(29)27-10-11-28-15-23-12-18(28)14-27/h2-9,12,15,24H,10-11,13-14H2,1H3. The molecule has 0 saturated heterocycles. The van der Waals surface area contributed by atoms with Crippen LogP contribution in [0.25, 0.3) is 11.0 Å². The van der Waals surface area contributed by atoms with Crippen molar-refractivity contribution in [2.45, 2.75) is 19.6 Å². The molecule has 0 atom stereocenters. The summed E-state index contributed by atoms with van der Waals surface area (Å²) in [7, 11) is 2.03. The summed E-state index contributed by atoms with van der Waals surface area (Å²) in [6.07, 6.45) is 3.65. The van der Waals surface area contributed by atoms with Crippen LogP contribution in [-0.2, 0) is 26.7 Å². The van der Waals surface area contributed by atoms with Crippen molar-refractivity contribution >= 4 is 22.6 Å². The molecule has 1 amide bonds. The number of carbonyl (C=O) groups excluding carboxylic acids is 1. The van der Waals surface area contributed by atoms with E-state index in [9.17, 15) is 4.79 Å². The molecule has 3 heterocycles. The van der Waals surface area contributed by atoms with Gasteiger partial charge in [-0.25, -0.2) is 9.97 Å². The Morgan fingerprint density at radius 2 is 1.93 bits per heavy atom. The molecule has 0 aliphatic carbocycles. The van der Waals surface area contributed by atoms with Gasteiger partial charge in [-0.15, -0.1) is 0 Å². The average molecular weight is 386 g/mol. The van der Waals surface area contributed by atoms with Gasteiger partial charge in [0.15, 0.2) is 0 Å². The van der Waals surface area contributed by atoms with Crippen LogP contribution in [0, 0.1) is 0 Å². The Hall–Kier alpha value is -3.61. The third kappa shape index (κ3) is 3.24. The Kier molecular flexibility index (Phi) is 4.27. The average Bonchev–Trinajstić information content (AvgIpc) is 3.36. The number of imidazole rings is 2. The first-order valence-electron chi connectivity index (χ1n) is 9.71. The zero-order valence-corrected chi connectivity index (χ0v) is 16.2. The highest BCUT2D eigenvalue weighted by atomic mass is 16.2. The molecule has 0 saturated carbocycles. The molecule has 146 valence electrons. The number of hydrogen-bond donors (Lipinski definition) is 1. The summed E-state index contributed by atoms with van der Waals surface area (Å²) in [5.74, 6) is 1.02. The minimum atomic E-state index is 0.0550. The van der Waals surface area contributed by atoms with Crippen LogP contribution in [0.15, 0.2) is 61.1 Å². The summed E-state index contributed by atoms with van der Waals surface area (Å²) in [6, 6.07) is 15.8. The number of aromatic nitrogens is 4. The summed E-state index contributed by atoms with van der Waals surface area (Å²) in [4.78, 5) is 23.5. The lowest BCUT2D eigenvalue weighted by Crippen LogP contribution is -2.37. The highest BCUT2D eigenvalue weighted by Gasteiger charge is 2.21. The molecule has 5 rings (SSSR count). The Labute approximate surface area is 168 Å². The van der Waals surface area contributed by atoms with E-state index in [-0.39, 0.29) is 5.91 Å². The number of aryl methyl sites for hydroxylation is 1. The van der Waals surface area contributed by atoms with Crippen molar-refractivity contribution in [3.63, 3.8) is 0 Å². The summed E-state index contributed by atoms with van der Waals surface area (Å²) in [5, 5.41) is 3.40. The van der Waals surface area contributed by atoms with E-state index < -0.39 is 0 Å². The van der Waals surface area contributed by atoms with Gasteiger partial charge in [0.1, 0.15) is 5.82 Å². The second-order valence-corrected chi connectivity index (χ2v) is 7.31. The van der Waals surface area contributed by atoms with Crippen LogP contribution < -0.4 is 5.32 Å². The Balaban J connectivity index is 1.25. The van der Waals surface area contributed by atoms with Gasteiger partial charge in [0, 0.05) is 37.6 Å². The highest BCUT2D eigenvalue weighted by Crippen LogP contribution is 2.18. The monoisotopic (exact) mass is 386 g/mol. The fourth-order valence-corrected chi connectivity index (χ4v) is 3.81. The number of para-hydroxylation sites is 2. The van der Waals surface area contributed by atoms with Gasteiger partial charge in [-0.3, -0.25) is 4.79 Å². The second kappa shape index (κ2) is 7.09. The van der Waals surface area contributed by atoms with Gasteiger partial charge < -0.3 is 19.4 Å². The lowest BCUT2D eigenvalue weighted by atomic mass is 10.1. The van der Waals surface area contributed by atoms with E-state index in [0.29, 0.717) is 25.2 Å². The molecule has 0 unspecified atom stereocenters. The van der Waals surface area contributed by atoms with E-state index in [1.165, 1.54) is 0 Å². The van der Waals surface area contributed by atoms with Crippen molar-refractivity contribution in [3.8, 4) is 0 Å². The highest BCUT2D eigenvalue weighted by molar-refractivity contribution is 5.94. The molecule has 2 aromatic carbocycles. The van der Waals surface area contributed by atoms with E-state index >= 15 is 0 Å². The molecule has 0 spiro atoms. The van der Waals surface area contributed by atoms with Crippen LogP contribution in [-0.4, -0.2) is 36.5 Å². The molecule has 0 bridgehead atoms. The minimum Gasteiger partial charge on any atom is -0.378 e. The molecule has 2 aromatic heterocycles. The van der Waals surface area contributed by atoms with Gasteiger partial charge in [0.2, 0.25) is 0 Å². The normalized spacial score (nSPS) is 13.5. The van der Waals surface area contributed by atoms with Gasteiger partial charge in [-0.05, 0) is 36.4 Å². The van der Waals surface area contributed by atoms with E-state index in [4.69, 9.17) is 0 Å². The molecule has 4 aromatic rings. The topological polar surface area (TPSA) is 68.0 Å². The van der Waals surface area contributed by atoms with Crippen LogP contribution in [0.1, 0.15) is 21.9 Å². The molecule has 0 radical (unpaired) electrons. The molecule has 7 nitrogen and oxygen atoms in total. The smallest absolute Gasteiger partial charge is 0.254 e. The lowest BCUT2D eigenvalue weighted by Gasteiger charge is -2.28. The van der Waals surface area contributed by atoms with Crippen LogP contribution in [0.5, 0.6) is 0 Å². The zero-order valence-electron chi connectivity index (χ0n) is 16.2. The maximum Gasteiger partial charge on any atom is 0.254 e. The molecule has 29 heavy (non-hydrogen) atoms. The van der Waals surface area contributed by atoms with Gasteiger partial charge >= 0.3 is 0 Å². The van der Waals surface area contributed by atoms with Crippen molar-refractivity contribution in [3.05, 3.63) is 78.1 Å². The van der Waals surface area contributed by atoms with Crippen molar-refractivity contribution in [1.29, 1.82) is 0 Å². The summed E-state index contributed by atoms with van der Waals surface area (Å²) in [6.45, 7) is 2.72. The van der Waals surface area contributed by atoms with Crippen LogP contribution >= 0.6 is 0 Å². The maximum absolute atomic E-state index is 12.8. The fourth-order valence-electron chi connectivity index (χ4n) is 3.81. The number of nitrogens with zero attached hydrogens (tertiary/aromatic N) is 5. The maximum atomic E-state index is 12.8. The third-order valence-corrected chi connectivity index (χ3v) is 5.51. The van der Waals surface area contributed by atoms with Crippen molar-refractivity contribution in [1.82, 2.24) is 24.0 Å². The van der Waals surface area contributed by atoms with Gasteiger partial charge in [-0.1, -0.05) is 12.1 Å². The number of carbonyl (C=O) groups is 1. The summed E-state index contributed by atoms with van der Waals surface area (Å²) in [5.41, 5.74) is 4.85. The van der Waals surface area contributed by atoms with Crippen molar-refractivity contribution in [2.75, 3.05) is 11.9 Å². The zero-order chi connectivity index (χ0) is 19.8. The molecule has 0 fully saturated rings. The second-order valence-electron chi connectivity index (χ2n) is 7.31. The Bertz CT molecular complexity index is 1170. The molecular formula is C22H22N6O. The largest absolute Gasteiger partial charge is 0.378 e. The van der Waals surface area contributed by atoms with E-state index in [1.807, 2.05) is 66.9 Å². The third-order valence-electron chi connectivity index (χ3n) is 5.51. The molecule has 1 aliphatic heterocycles. The van der Waals surface area contributed by atoms with Gasteiger partial charge in [-0.2, -0.15) is 0 Å². The lowest BCUT2D eigenvalue weighted by molar-refractivity contribution is 0.0711. The van der Waals surface area contributed by atoms with Crippen molar-refractivity contribution in [2.24, 2.45) is 7.05 Å². The molecule has 1 N–H and O–H groups in total. The molecule has 1 aliphatic rings. The summed E-state index contributed by atoms with van der Waals surface area (Å²) < 4.78 is 4.19. The number of fused-ring (bicyclic) bond motifs is 2. The molecular weight excluding hydrogens is 364 g/mol. The van der Waals surface area contributed by atoms with Crippen LogP contribution in [0.2, 0.25) is 0 Å². The first-order valence-corrected chi connectivity index (χ1v) is 9.71. The SMILES string of the molecule is Cn1c(CNc2ccc(C(=O)N3CCn4cncc4C3)cc2)nc2ccccc21. The number of benzene rings is 2. The minimum absolute atomic E-state index is 0.0550. The van der Waals surface area contributed by atoms with Crippen molar-refractivity contribution < 1.29 is 4.79 Å². The number of rotatable bonds is 4. The number of nitrogens with one attached hydrogen (secondary N) is 1. The van der Waals surface area contributed by atoms with Crippen LogP contribution in [0.3, 0.4) is 0 Å². The van der Waals surface area contributed by atoms with E-state index in [0.717, 1.165) is 34.8 Å². The quantitative estimate of drug-likeness (QED) is 0.585. The number of anilines is 1. The fraction of sp³-hybridized carbons (Fsp3) is 0.227. The van der Waals surface area contributed by atoms with Gasteiger partial charge in [0.25, 0.3) is 5.91 Å². The van der Waals surface area contributed by atoms with E-state index in [2.05, 4.69) is 30.5 Å². The summed E-state index contributed by atoms with van der Waals surface area (Å²) >= 11 is 0. The van der Waals surface area contributed by atoms with Gasteiger partial charge in [0.05, 0.1) is 36.1 Å². The van der Waals surface area contributed by atoms with Crippen LogP contribution in [0.4, 0.5) is 5.69 Å². The molecule has 7 heteroatoms. The Morgan fingerprint density at radius 3 is 2.76 bits per heavy atom. The predicted molar refractivity (Wildman–Crippen MR) is 111 cm³/mol. The Morgan fingerprint density at radius 1 is 1.10 bits per heavy atom. The first-order chi connectivity index (χ1) is 14.2.